The van der Waals surface area contributed by atoms with Gasteiger partial charge in [0.05, 0.1) is 11.0 Å². The number of carbonyl (C=O) groups is 1. The van der Waals surface area contributed by atoms with E-state index in [9.17, 15) is 4.79 Å². The van der Waals surface area contributed by atoms with Gasteiger partial charge in [0.2, 0.25) is 0 Å². The minimum Gasteiger partial charge on any atom is -0.444 e. The van der Waals surface area contributed by atoms with Gasteiger partial charge in [0, 0.05) is 36.6 Å². The van der Waals surface area contributed by atoms with Gasteiger partial charge in [-0.3, -0.25) is 4.90 Å². The Morgan fingerprint density at radius 3 is 2.81 bits per heavy atom. The summed E-state index contributed by atoms with van der Waals surface area (Å²) < 4.78 is 5.53. The van der Waals surface area contributed by atoms with Crippen molar-refractivity contribution in [3.63, 3.8) is 0 Å². The maximum absolute atomic E-state index is 12.4. The number of nitrogens with zero attached hydrogens (tertiary/aromatic N) is 2. The lowest BCUT2D eigenvalue weighted by atomic mass is 10.1. The Morgan fingerprint density at radius 2 is 2.24 bits per heavy atom. The van der Waals surface area contributed by atoms with E-state index in [0.29, 0.717) is 12.5 Å². The highest BCUT2D eigenvalue weighted by Crippen LogP contribution is 2.31. The Kier molecular flexibility index (Phi) is 4.88. The summed E-state index contributed by atoms with van der Waals surface area (Å²) in [7, 11) is 0. The SMILES string of the molecule is CC(C)c1ncc(C2CNCCN2C(=O)OC(C)(C)C)s1. The van der Waals surface area contributed by atoms with Crippen molar-refractivity contribution in [2.45, 2.75) is 52.2 Å². The summed E-state index contributed by atoms with van der Waals surface area (Å²) in [5, 5.41) is 4.46. The Morgan fingerprint density at radius 1 is 1.52 bits per heavy atom. The van der Waals surface area contributed by atoms with Crippen molar-refractivity contribution in [2.24, 2.45) is 0 Å². The molecule has 1 saturated heterocycles. The second kappa shape index (κ2) is 6.32. The average molecular weight is 311 g/mol. The number of amides is 1. The van der Waals surface area contributed by atoms with Gasteiger partial charge in [0.1, 0.15) is 5.60 Å². The predicted octanol–water partition coefficient (Wildman–Crippen LogP) is 3.15. The van der Waals surface area contributed by atoms with Crippen LogP contribution in [0.3, 0.4) is 0 Å². The molecule has 6 heteroatoms. The summed E-state index contributed by atoms with van der Waals surface area (Å²) in [6.07, 6.45) is 1.66. The molecule has 1 aromatic heterocycles. The van der Waals surface area contributed by atoms with Gasteiger partial charge in [-0.05, 0) is 20.8 Å². The number of hydrogen-bond donors (Lipinski definition) is 1. The molecule has 0 spiro atoms. The van der Waals surface area contributed by atoms with E-state index in [2.05, 4.69) is 24.1 Å². The first-order valence-electron chi connectivity index (χ1n) is 7.44. The molecule has 0 aromatic carbocycles. The number of ether oxygens (including phenoxy) is 1. The topological polar surface area (TPSA) is 54.5 Å². The first kappa shape index (κ1) is 16.2. The molecule has 1 aromatic rings. The van der Waals surface area contributed by atoms with Crippen molar-refractivity contribution >= 4 is 17.4 Å². The number of hydrogen-bond acceptors (Lipinski definition) is 5. The van der Waals surface area contributed by atoms with Gasteiger partial charge in [-0.2, -0.15) is 0 Å². The average Bonchev–Trinajstić information content (AvgIpc) is 2.86. The molecule has 1 aliphatic rings. The molecule has 1 N–H and O–H groups in total. The molecule has 1 unspecified atom stereocenters. The van der Waals surface area contributed by atoms with Crippen molar-refractivity contribution in [1.82, 2.24) is 15.2 Å². The van der Waals surface area contributed by atoms with Gasteiger partial charge in [0.25, 0.3) is 0 Å². The van der Waals surface area contributed by atoms with Crippen LogP contribution < -0.4 is 5.32 Å². The third-order valence-electron chi connectivity index (χ3n) is 3.24. The quantitative estimate of drug-likeness (QED) is 0.911. The summed E-state index contributed by atoms with van der Waals surface area (Å²) >= 11 is 1.69. The third-order valence-corrected chi connectivity index (χ3v) is 4.63. The van der Waals surface area contributed by atoms with Crippen LogP contribution >= 0.6 is 11.3 Å². The number of carbonyl (C=O) groups excluding carboxylic acids is 1. The van der Waals surface area contributed by atoms with Crippen molar-refractivity contribution in [3.05, 3.63) is 16.1 Å². The molecule has 21 heavy (non-hydrogen) atoms. The molecular weight excluding hydrogens is 286 g/mol. The maximum Gasteiger partial charge on any atom is 0.410 e. The Labute approximate surface area is 130 Å². The highest BCUT2D eigenvalue weighted by atomic mass is 32.1. The second-order valence-electron chi connectivity index (χ2n) is 6.65. The fraction of sp³-hybridized carbons (Fsp3) is 0.733. The highest BCUT2D eigenvalue weighted by molar-refractivity contribution is 7.11. The number of thiazole rings is 1. The van der Waals surface area contributed by atoms with Crippen LogP contribution in [0.25, 0.3) is 0 Å². The minimum absolute atomic E-state index is 0.0126. The zero-order valence-electron chi connectivity index (χ0n) is 13.5. The normalized spacial score (nSPS) is 19.9. The van der Waals surface area contributed by atoms with Gasteiger partial charge < -0.3 is 10.1 Å². The van der Waals surface area contributed by atoms with Crippen LogP contribution in [0.15, 0.2) is 6.20 Å². The number of piperazine rings is 1. The monoisotopic (exact) mass is 311 g/mol. The van der Waals surface area contributed by atoms with Crippen LogP contribution in [0.5, 0.6) is 0 Å². The van der Waals surface area contributed by atoms with E-state index in [1.165, 1.54) is 0 Å². The zero-order chi connectivity index (χ0) is 15.6. The molecule has 5 nitrogen and oxygen atoms in total. The van der Waals surface area contributed by atoms with E-state index in [-0.39, 0.29) is 12.1 Å². The number of rotatable bonds is 2. The lowest BCUT2D eigenvalue weighted by molar-refractivity contribution is 0.0121. The number of nitrogens with one attached hydrogen (secondary N) is 1. The molecule has 0 aliphatic carbocycles. The molecule has 2 heterocycles. The molecule has 0 bridgehead atoms. The number of aromatic nitrogens is 1. The van der Waals surface area contributed by atoms with E-state index in [1.54, 1.807) is 11.3 Å². The van der Waals surface area contributed by atoms with Crippen LogP contribution in [0.2, 0.25) is 0 Å². The molecule has 1 atom stereocenters. The Hall–Kier alpha value is -1.14. The molecule has 2 rings (SSSR count). The smallest absolute Gasteiger partial charge is 0.410 e. The van der Waals surface area contributed by atoms with Crippen molar-refractivity contribution in [3.8, 4) is 0 Å². The lowest BCUT2D eigenvalue weighted by Gasteiger charge is -2.36. The minimum atomic E-state index is -0.469. The van der Waals surface area contributed by atoms with Crippen LogP contribution in [-0.4, -0.2) is 41.2 Å². The van der Waals surface area contributed by atoms with Crippen LogP contribution in [0.1, 0.15) is 56.5 Å². The maximum atomic E-state index is 12.4. The zero-order valence-corrected chi connectivity index (χ0v) is 14.3. The summed E-state index contributed by atoms with van der Waals surface area (Å²) in [5.41, 5.74) is -0.469. The first-order chi connectivity index (χ1) is 9.78. The summed E-state index contributed by atoms with van der Waals surface area (Å²) in [4.78, 5) is 19.8. The molecule has 118 valence electrons. The van der Waals surface area contributed by atoms with Crippen molar-refractivity contribution in [1.29, 1.82) is 0 Å². The summed E-state index contributed by atoms with van der Waals surface area (Å²) in [6, 6.07) is 0.0126. The first-order valence-corrected chi connectivity index (χ1v) is 8.25. The van der Waals surface area contributed by atoms with Gasteiger partial charge in [0.15, 0.2) is 0 Å². The third kappa shape index (κ3) is 4.17. The van der Waals surface area contributed by atoms with Gasteiger partial charge in [-0.25, -0.2) is 9.78 Å². The van der Waals surface area contributed by atoms with E-state index >= 15 is 0 Å². The molecule has 0 saturated carbocycles. The second-order valence-corrected chi connectivity index (χ2v) is 7.74. The van der Waals surface area contributed by atoms with E-state index in [1.807, 2.05) is 31.9 Å². The molecule has 1 fully saturated rings. The Bertz CT molecular complexity index is 493. The van der Waals surface area contributed by atoms with Gasteiger partial charge in [-0.15, -0.1) is 11.3 Å². The van der Waals surface area contributed by atoms with E-state index < -0.39 is 5.60 Å². The summed E-state index contributed by atoms with van der Waals surface area (Å²) in [6.45, 7) is 12.2. The Balaban J connectivity index is 2.16. The standard InChI is InChI=1S/C15H25N3O2S/c1-10(2)13-17-9-12(21-13)11-8-16-6-7-18(11)14(19)20-15(3,4)5/h9-11,16H,6-8H2,1-5H3. The molecular formula is C15H25N3O2S. The van der Waals surface area contributed by atoms with Crippen LogP contribution in [0, 0.1) is 0 Å². The van der Waals surface area contributed by atoms with Crippen molar-refractivity contribution in [2.75, 3.05) is 19.6 Å². The lowest BCUT2D eigenvalue weighted by Crippen LogP contribution is -2.49. The predicted molar refractivity (Wildman–Crippen MR) is 84.8 cm³/mol. The summed E-state index contributed by atoms with van der Waals surface area (Å²) in [5.74, 6) is 0.412. The fourth-order valence-corrected chi connectivity index (χ4v) is 3.25. The largest absolute Gasteiger partial charge is 0.444 e. The highest BCUT2D eigenvalue weighted by Gasteiger charge is 2.32. The molecule has 1 aliphatic heterocycles. The van der Waals surface area contributed by atoms with Crippen molar-refractivity contribution < 1.29 is 9.53 Å². The van der Waals surface area contributed by atoms with Gasteiger partial charge >= 0.3 is 6.09 Å². The molecule has 0 radical (unpaired) electrons. The van der Waals surface area contributed by atoms with Crippen LogP contribution in [-0.2, 0) is 4.74 Å². The van der Waals surface area contributed by atoms with E-state index in [4.69, 9.17) is 4.74 Å². The van der Waals surface area contributed by atoms with Crippen LogP contribution in [0.4, 0.5) is 4.79 Å². The van der Waals surface area contributed by atoms with Gasteiger partial charge in [-0.1, -0.05) is 13.8 Å². The fourth-order valence-electron chi connectivity index (χ4n) is 2.22. The molecule has 1 amide bonds. The van der Waals surface area contributed by atoms with E-state index in [0.717, 1.165) is 23.0 Å².